The minimum atomic E-state index is -0.702. The van der Waals surface area contributed by atoms with Crippen LogP contribution in [0.1, 0.15) is 77.6 Å². The highest BCUT2D eigenvalue weighted by molar-refractivity contribution is 6.03. The first kappa shape index (κ1) is 19.3. The van der Waals surface area contributed by atoms with Crippen molar-refractivity contribution in [1.82, 2.24) is 10.6 Å². The number of Topliss-reactive ketones (excluding diaryl/α,β-unsaturated/α-hetero) is 1. The molecule has 0 aromatic carbocycles. The van der Waals surface area contributed by atoms with E-state index >= 15 is 0 Å². The van der Waals surface area contributed by atoms with Gasteiger partial charge in [0.15, 0.2) is 0 Å². The van der Waals surface area contributed by atoms with Crippen LogP contribution in [-0.2, 0) is 19.2 Å². The van der Waals surface area contributed by atoms with Gasteiger partial charge in [0.25, 0.3) is 0 Å². The molecule has 3 amide bonds. The van der Waals surface area contributed by atoms with Gasteiger partial charge in [0.1, 0.15) is 11.8 Å². The third-order valence-electron chi connectivity index (χ3n) is 3.99. The molecule has 1 aliphatic heterocycles. The maximum Gasteiger partial charge on any atom is 0.249 e. The largest absolute Gasteiger partial charge is 0.344 e. The molecule has 2 N–H and O–H groups in total. The number of imide groups is 1. The monoisotopic (exact) mass is 324 g/mol. The lowest BCUT2D eigenvalue weighted by Gasteiger charge is -2.21. The zero-order valence-corrected chi connectivity index (χ0v) is 14.0. The van der Waals surface area contributed by atoms with E-state index in [0.717, 1.165) is 19.3 Å². The fraction of sp³-hybridized carbons (Fsp3) is 0.765. The van der Waals surface area contributed by atoms with Crippen molar-refractivity contribution < 1.29 is 19.2 Å². The van der Waals surface area contributed by atoms with Crippen molar-refractivity contribution in [2.45, 2.75) is 83.6 Å². The number of carbonyl (C=O) groups excluding carboxylic acids is 4. The van der Waals surface area contributed by atoms with Crippen molar-refractivity contribution in [2.75, 3.05) is 0 Å². The van der Waals surface area contributed by atoms with E-state index in [2.05, 4.69) is 17.6 Å². The number of carbonyl (C=O) groups is 4. The van der Waals surface area contributed by atoms with Crippen LogP contribution in [0.4, 0.5) is 0 Å². The Morgan fingerprint density at radius 1 is 1.09 bits per heavy atom. The Labute approximate surface area is 137 Å². The molecule has 23 heavy (non-hydrogen) atoms. The lowest BCUT2D eigenvalue weighted by molar-refractivity contribution is -0.138. The van der Waals surface area contributed by atoms with Gasteiger partial charge in [-0.05, 0) is 12.8 Å². The van der Waals surface area contributed by atoms with Gasteiger partial charge in [-0.1, -0.05) is 45.4 Å². The Balaban J connectivity index is 2.10. The fourth-order valence-corrected chi connectivity index (χ4v) is 2.62. The zero-order chi connectivity index (χ0) is 17.1. The lowest BCUT2D eigenvalue weighted by atomic mass is 10.0. The molecule has 6 nitrogen and oxygen atoms in total. The van der Waals surface area contributed by atoms with Crippen LogP contribution in [0.25, 0.3) is 0 Å². The number of ketones is 1. The van der Waals surface area contributed by atoms with Gasteiger partial charge in [0.2, 0.25) is 17.7 Å². The first-order valence-electron chi connectivity index (χ1n) is 8.67. The molecule has 0 aliphatic carbocycles. The van der Waals surface area contributed by atoms with Gasteiger partial charge < -0.3 is 5.32 Å². The molecular formula is C17H28N2O4. The van der Waals surface area contributed by atoms with E-state index in [0.29, 0.717) is 12.8 Å². The van der Waals surface area contributed by atoms with Crippen molar-refractivity contribution in [1.29, 1.82) is 0 Å². The third-order valence-corrected chi connectivity index (χ3v) is 3.99. The van der Waals surface area contributed by atoms with Crippen LogP contribution in [0, 0.1) is 0 Å². The molecular weight excluding hydrogens is 296 g/mol. The van der Waals surface area contributed by atoms with E-state index in [1.54, 1.807) is 0 Å². The number of nitrogens with one attached hydrogen (secondary N) is 2. The predicted molar refractivity (Wildman–Crippen MR) is 86.5 cm³/mol. The van der Waals surface area contributed by atoms with Gasteiger partial charge in [-0.25, -0.2) is 0 Å². The van der Waals surface area contributed by atoms with E-state index < -0.39 is 17.9 Å². The highest BCUT2D eigenvalue weighted by atomic mass is 16.2. The molecule has 1 atom stereocenters. The molecule has 130 valence electrons. The van der Waals surface area contributed by atoms with Crippen molar-refractivity contribution in [2.24, 2.45) is 0 Å². The standard InChI is InChI=1S/C17H28N2O4/c1-2-3-4-5-6-7-8-9-13(20)12-16(22)18-14-10-11-15(21)19-17(14)23/h14H,2-12H2,1H3,(H,18,22)(H,19,21,23)/t14-/m0/s1. The normalized spacial score (nSPS) is 17.7. The topological polar surface area (TPSA) is 92.3 Å². The summed E-state index contributed by atoms with van der Waals surface area (Å²) in [4.78, 5) is 46.0. The summed E-state index contributed by atoms with van der Waals surface area (Å²) in [6.07, 6.45) is 8.64. The molecule has 1 saturated heterocycles. The molecule has 1 heterocycles. The minimum Gasteiger partial charge on any atom is -0.344 e. The smallest absolute Gasteiger partial charge is 0.249 e. The summed E-state index contributed by atoms with van der Waals surface area (Å²) in [5.74, 6) is -1.35. The fourth-order valence-electron chi connectivity index (χ4n) is 2.62. The molecule has 0 spiro atoms. The quantitative estimate of drug-likeness (QED) is 0.345. The summed E-state index contributed by atoms with van der Waals surface area (Å²) in [6, 6.07) is -0.702. The number of rotatable bonds is 11. The van der Waals surface area contributed by atoms with E-state index in [1.165, 1.54) is 25.7 Å². The third kappa shape index (κ3) is 8.47. The molecule has 0 bridgehead atoms. The molecule has 1 aliphatic rings. The van der Waals surface area contributed by atoms with E-state index in [1.807, 2.05) is 0 Å². The number of hydrogen-bond acceptors (Lipinski definition) is 4. The second kappa shape index (κ2) is 10.9. The summed E-state index contributed by atoms with van der Waals surface area (Å²) in [7, 11) is 0. The Hall–Kier alpha value is -1.72. The van der Waals surface area contributed by atoms with Crippen molar-refractivity contribution in [3.63, 3.8) is 0 Å². The van der Waals surface area contributed by atoms with Gasteiger partial charge in [-0.15, -0.1) is 0 Å². The van der Waals surface area contributed by atoms with Crippen LogP contribution in [-0.4, -0.2) is 29.5 Å². The Bertz CT molecular complexity index is 434. The maximum absolute atomic E-state index is 11.8. The van der Waals surface area contributed by atoms with Crippen LogP contribution < -0.4 is 10.6 Å². The van der Waals surface area contributed by atoms with Crippen LogP contribution in [0.15, 0.2) is 0 Å². The number of amides is 3. The summed E-state index contributed by atoms with van der Waals surface area (Å²) in [6.45, 7) is 2.18. The highest BCUT2D eigenvalue weighted by Gasteiger charge is 2.28. The maximum atomic E-state index is 11.8. The zero-order valence-electron chi connectivity index (χ0n) is 14.0. The van der Waals surface area contributed by atoms with Crippen molar-refractivity contribution in [3.8, 4) is 0 Å². The predicted octanol–water partition coefficient (Wildman–Crippen LogP) is 2.01. The Kier molecular flexibility index (Phi) is 9.17. The average Bonchev–Trinajstić information content (AvgIpc) is 2.49. The van der Waals surface area contributed by atoms with Crippen molar-refractivity contribution in [3.05, 3.63) is 0 Å². The molecule has 0 radical (unpaired) electrons. The van der Waals surface area contributed by atoms with Gasteiger partial charge in [-0.3, -0.25) is 24.5 Å². The van der Waals surface area contributed by atoms with Crippen LogP contribution in [0.5, 0.6) is 0 Å². The number of unbranched alkanes of at least 4 members (excludes halogenated alkanes) is 6. The van der Waals surface area contributed by atoms with Gasteiger partial charge >= 0.3 is 0 Å². The molecule has 0 aromatic heterocycles. The minimum absolute atomic E-state index is 0.0941. The van der Waals surface area contributed by atoms with Gasteiger partial charge in [0, 0.05) is 12.8 Å². The highest BCUT2D eigenvalue weighted by Crippen LogP contribution is 2.09. The summed E-state index contributed by atoms with van der Waals surface area (Å²) in [5, 5.41) is 4.69. The molecule has 0 unspecified atom stereocenters. The van der Waals surface area contributed by atoms with E-state index in [4.69, 9.17) is 0 Å². The summed E-state index contributed by atoms with van der Waals surface area (Å²) < 4.78 is 0. The number of hydrogen-bond donors (Lipinski definition) is 2. The summed E-state index contributed by atoms with van der Waals surface area (Å²) >= 11 is 0. The Morgan fingerprint density at radius 3 is 2.39 bits per heavy atom. The molecule has 1 rings (SSSR count). The van der Waals surface area contributed by atoms with Gasteiger partial charge in [-0.2, -0.15) is 0 Å². The van der Waals surface area contributed by atoms with Gasteiger partial charge in [0.05, 0.1) is 6.42 Å². The lowest BCUT2D eigenvalue weighted by Crippen LogP contribution is -2.52. The average molecular weight is 324 g/mol. The molecule has 0 aromatic rings. The van der Waals surface area contributed by atoms with Crippen LogP contribution >= 0.6 is 0 Å². The molecule has 6 heteroatoms. The van der Waals surface area contributed by atoms with Crippen LogP contribution in [0.2, 0.25) is 0 Å². The second-order valence-corrected chi connectivity index (χ2v) is 6.16. The molecule has 1 fully saturated rings. The summed E-state index contributed by atoms with van der Waals surface area (Å²) in [5.41, 5.74) is 0. The first-order chi connectivity index (χ1) is 11.0. The van der Waals surface area contributed by atoms with E-state index in [9.17, 15) is 19.2 Å². The van der Waals surface area contributed by atoms with E-state index in [-0.39, 0.29) is 24.5 Å². The first-order valence-corrected chi connectivity index (χ1v) is 8.67. The van der Waals surface area contributed by atoms with Crippen LogP contribution in [0.3, 0.4) is 0 Å². The number of piperidine rings is 1. The Morgan fingerprint density at radius 2 is 1.74 bits per heavy atom. The van der Waals surface area contributed by atoms with Crippen molar-refractivity contribution >= 4 is 23.5 Å². The second-order valence-electron chi connectivity index (χ2n) is 6.16. The SMILES string of the molecule is CCCCCCCCCC(=O)CC(=O)N[C@H]1CCC(=O)NC1=O. The molecule has 0 saturated carbocycles.